The zero-order valence-corrected chi connectivity index (χ0v) is 25.3. The Morgan fingerprint density at radius 1 is 1.12 bits per heavy atom. The number of carbonyl (C=O) groups excluding carboxylic acids is 1. The summed E-state index contributed by atoms with van der Waals surface area (Å²) in [6.07, 6.45) is 10.9. The molecule has 0 spiro atoms. The van der Waals surface area contributed by atoms with Crippen molar-refractivity contribution in [1.82, 2.24) is 25.2 Å². The molecule has 42 heavy (non-hydrogen) atoms. The van der Waals surface area contributed by atoms with Gasteiger partial charge in [-0.3, -0.25) is 4.79 Å². The zero-order chi connectivity index (χ0) is 29.7. The van der Waals surface area contributed by atoms with Crippen LogP contribution in [0.15, 0.2) is 53.5 Å². The summed E-state index contributed by atoms with van der Waals surface area (Å²) >= 11 is 0. The highest BCUT2D eigenvalue weighted by atomic mass is 32.2. The molecular weight excluding hydrogens is 550 g/mol. The van der Waals surface area contributed by atoms with E-state index in [-0.39, 0.29) is 17.3 Å². The summed E-state index contributed by atoms with van der Waals surface area (Å²) in [7, 11) is -0.244. The van der Waals surface area contributed by atoms with Crippen LogP contribution in [0.3, 0.4) is 0 Å². The molecule has 222 valence electrons. The molecule has 3 N–H and O–H groups in total. The largest absolute Gasteiger partial charge is 0.371 e. The maximum Gasteiger partial charge on any atom is 0.256 e. The number of likely N-dealkylation sites (N-methyl/N-ethyl adjacent to an activating group) is 1. The van der Waals surface area contributed by atoms with Crippen molar-refractivity contribution in [3.8, 4) is 0 Å². The molecule has 0 saturated carbocycles. The van der Waals surface area contributed by atoms with E-state index in [0.717, 1.165) is 38.3 Å². The fourth-order valence-electron chi connectivity index (χ4n) is 5.29. The lowest BCUT2D eigenvalue weighted by Gasteiger charge is -2.35. The van der Waals surface area contributed by atoms with Gasteiger partial charge in [0, 0.05) is 72.5 Å². The van der Waals surface area contributed by atoms with Crippen LogP contribution in [0.2, 0.25) is 0 Å². The quantitative estimate of drug-likeness (QED) is 0.307. The zero-order valence-electron chi connectivity index (χ0n) is 24.5. The molecule has 2 aromatic heterocycles. The van der Waals surface area contributed by atoms with Gasteiger partial charge < -0.3 is 25.8 Å². The number of rotatable bonds is 9. The van der Waals surface area contributed by atoms with Crippen LogP contribution in [0.5, 0.6) is 0 Å². The van der Waals surface area contributed by atoms with Gasteiger partial charge in [-0.1, -0.05) is 12.1 Å². The smallest absolute Gasteiger partial charge is 0.256 e. The van der Waals surface area contributed by atoms with Crippen LogP contribution in [0.1, 0.15) is 40.7 Å². The molecule has 0 bridgehead atoms. The Morgan fingerprint density at radius 3 is 2.69 bits per heavy atom. The number of piperidine rings is 1. The molecule has 11 nitrogen and oxygen atoms in total. The Hall–Kier alpha value is -4.03. The molecule has 1 saturated heterocycles. The lowest BCUT2D eigenvalue weighted by atomic mass is 9.95. The summed E-state index contributed by atoms with van der Waals surface area (Å²) in [5.74, 6) is 1.01. The third-order valence-corrected chi connectivity index (χ3v) is 7.82. The number of nitrogens with one attached hydrogen (secondary N) is 3. The lowest BCUT2D eigenvalue weighted by Crippen LogP contribution is -2.33. The maximum absolute atomic E-state index is 13.0. The van der Waals surface area contributed by atoms with E-state index in [0.29, 0.717) is 24.1 Å². The average Bonchev–Trinajstić information content (AvgIpc) is 2.95. The average molecular weight is 590 g/mol. The van der Waals surface area contributed by atoms with E-state index >= 15 is 0 Å². The van der Waals surface area contributed by atoms with E-state index in [1.165, 1.54) is 42.3 Å². The Bertz CT molecular complexity index is 1590. The molecule has 12 heteroatoms. The van der Waals surface area contributed by atoms with Crippen molar-refractivity contribution in [1.29, 1.82) is 0 Å². The fourth-order valence-corrected chi connectivity index (χ4v) is 5.84. The minimum atomic E-state index is -2.39. The number of hydrogen-bond acceptors (Lipinski definition) is 10. The number of benzene rings is 1. The highest BCUT2D eigenvalue weighted by molar-refractivity contribution is 7.92. The van der Waals surface area contributed by atoms with Crippen molar-refractivity contribution in [3.05, 3.63) is 65.9 Å². The molecule has 5 rings (SSSR count). The first-order chi connectivity index (χ1) is 20.2. The third kappa shape index (κ3) is 7.42. The van der Waals surface area contributed by atoms with Crippen molar-refractivity contribution in [3.63, 3.8) is 0 Å². The normalized spacial score (nSPS) is 15.5. The number of amides is 1. The Morgan fingerprint density at radius 2 is 1.93 bits per heavy atom. The summed E-state index contributed by atoms with van der Waals surface area (Å²) in [5, 5.41) is 9.32. The molecule has 0 radical (unpaired) electrons. The summed E-state index contributed by atoms with van der Waals surface area (Å²) in [4.78, 5) is 31.4. The number of hydrogen-bond donors (Lipinski definition) is 3. The highest BCUT2D eigenvalue weighted by Crippen LogP contribution is 2.35. The predicted molar refractivity (Wildman–Crippen MR) is 170 cm³/mol. The summed E-state index contributed by atoms with van der Waals surface area (Å²) in [6, 6.07) is 9.55. The molecule has 1 amide bonds. The molecule has 0 unspecified atom stereocenters. The van der Waals surface area contributed by atoms with E-state index in [4.69, 9.17) is 4.98 Å². The SMILES string of the molecule is C=CCNC(=O)c1cnc(Nc2cc3c(c(N4CCCCC4)c2)CCN(C)C3)nc1Nc1cccc(N=S(C)(C)=O)n1. The topological polar surface area (TPSA) is 128 Å². The first kappa shape index (κ1) is 29.5. The Kier molecular flexibility index (Phi) is 9.03. The number of pyridine rings is 1. The van der Waals surface area contributed by atoms with E-state index in [2.05, 4.69) is 65.8 Å². The maximum atomic E-state index is 13.0. The molecule has 0 atom stereocenters. The standard InChI is InChI=1S/C30H39N9O2S/c1-5-13-31-29(40)24-19-32-30(36-28(24)35-26-10-9-11-27(34-26)37-42(3,4)41)33-22-17-21-20-38(2)16-12-23(21)25(18-22)39-14-7-6-8-15-39/h5,9-11,17-19H,1,6-8,12-16,20H2,2-4H3,(H,31,40)(H2,32,33,34,35,36). The van der Waals surface area contributed by atoms with Gasteiger partial charge in [0.15, 0.2) is 5.82 Å². The highest BCUT2D eigenvalue weighted by Gasteiger charge is 2.23. The van der Waals surface area contributed by atoms with Crippen molar-refractivity contribution in [2.75, 3.05) is 61.3 Å². The third-order valence-electron chi connectivity index (χ3n) is 7.19. The lowest BCUT2D eigenvalue weighted by molar-refractivity contribution is 0.0958. The van der Waals surface area contributed by atoms with E-state index in [9.17, 15) is 9.00 Å². The van der Waals surface area contributed by atoms with Crippen LogP contribution >= 0.6 is 0 Å². The van der Waals surface area contributed by atoms with Gasteiger partial charge in [-0.25, -0.2) is 14.2 Å². The molecule has 2 aliphatic heterocycles. The number of carbonyl (C=O) groups is 1. The van der Waals surface area contributed by atoms with Crippen molar-refractivity contribution >= 4 is 50.4 Å². The predicted octanol–water partition coefficient (Wildman–Crippen LogP) is 4.61. The Labute approximate surface area is 248 Å². The van der Waals surface area contributed by atoms with Crippen molar-refractivity contribution in [2.24, 2.45) is 4.36 Å². The molecule has 1 fully saturated rings. The summed E-state index contributed by atoms with van der Waals surface area (Å²) in [5.41, 5.74) is 5.18. The van der Waals surface area contributed by atoms with Gasteiger partial charge >= 0.3 is 0 Å². The van der Waals surface area contributed by atoms with Gasteiger partial charge in [0.05, 0.1) is 0 Å². The number of nitrogens with zero attached hydrogens (tertiary/aromatic N) is 6. The first-order valence-electron chi connectivity index (χ1n) is 14.2. The van der Waals surface area contributed by atoms with Gasteiger partial charge in [0.2, 0.25) is 5.95 Å². The van der Waals surface area contributed by atoms with Crippen molar-refractivity contribution in [2.45, 2.75) is 32.2 Å². The fraction of sp³-hybridized carbons (Fsp3) is 0.400. The van der Waals surface area contributed by atoms with Crippen LogP contribution < -0.4 is 20.9 Å². The van der Waals surface area contributed by atoms with Crippen molar-refractivity contribution < 1.29 is 9.00 Å². The molecule has 0 aliphatic carbocycles. The first-order valence-corrected chi connectivity index (χ1v) is 16.6. The summed E-state index contributed by atoms with van der Waals surface area (Å²) < 4.78 is 16.4. The van der Waals surface area contributed by atoms with E-state index in [1.807, 2.05) is 0 Å². The number of fused-ring (bicyclic) bond motifs is 1. The summed E-state index contributed by atoms with van der Waals surface area (Å²) in [6.45, 7) is 8.03. The van der Waals surface area contributed by atoms with Gasteiger partial charge in [-0.2, -0.15) is 9.35 Å². The minimum Gasteiger partial charge on any atom is -0.371 e. The van der Waals surface area contributed by atoms with Crippen LogP contribution in [-0.2, 0) is 22.7 Å². The number of aromatic nitrogens is 3. The van der Waals surface area contributed by atoms with Crippen LogP contribution in [-0.4, -0.2) is 75.7 Å². The second-order valence-corrected chi connectivity index (χ2v) is 13.6. The van der Waals surface area contributed by atoms with Gasteiger partial charge in [-0.05, 0) is 68.1 Å². The molecular formula is C30H39N9O2S. The van der Waals surface area contributed by atoms with E-state index < -0.39 is 9.73 Å². The van der Waals surface area contributed by atoms with E-state index in [1.54, 1.807) is 36.8 Å². The number of anilines is 5. The Balaban J connectivity index is 1.49. The van der Waals surface area contributed by atoms with Gasteiger partial charge in [0.1, 0.15) is 17.2 Å². The second-order valence-electron chi connectivity index (χ2n) is 11.0. The monoisotopic (exact) mass is 589 g/mol. The van der Waals surface area contributed by atoms with Gasteiger partial charge in [-0.15, -0.1) is 6.58 Å². The van der Waals surface area contributed by atoms with Gasteiger partial charge in [0.25, 0.3) is 5.91 Å². The minimum absolute atomic E-state index is 0.252. The molecule has 3 aromatic rings. The molecule has 2 aliphatic rings. The molecule has 4 heterocycles. The molecule has 1 aromatic carbocycles. The second kappa shape index (κ2) is 12.9. The van der Waals surface area contributed by atoms with Crippen LogP contribution in [0.4, 0.5) is 34.8 Å². The van der Waals surface area contributed by atoms with Crippen LogP contribution in [0, 0.1) is 0 Å². The van der Waals surface area contributed by atoms with Crippen LogP contribution in [0.25, 0.3) is 0 Å².